The second-order valence-corrected chi connectivity index (χ2v) is 6.66. The SMILES string of the molecule is CCCCc1nc2c([nH]1)c(N)nc1cc(-c3cccs3)ccc12. The van der Waals surface area contributed by atoms with Crippen molar-refractivity contribution in [1.82, 2.24) is 15.0 Å². The standard InChI is InChI=1S/C18H18N4S/c1-2-3-6-15-21-16-12-8-7-11(14-5-4-9-23-14)10-13(12)20-18(19)17(16)22-15/h4-5,7-10H,2-3,6H2,1H3,(H2,19,20)(H,21,22). The van der Waals surface area contributed by atoms with Crippen LogP contribution in [-0.2, 0) is 6.42 Å². The Morgan fingerprint density at radius 3 is 2.91 bits per heavy atom. The molecule has 3 aromatic heterocycles. The number of aromatic nitrogens is 3. The zero-order chi connectivity index (χ0) is 15.8. The number of pyridine rings is 1. The van der Waals surface area contributed by atoms with E-state index in [0.717, 1.165) is 47.0 Å². The molecule has 0 fully saturated rings. The molecule has 0 aliphatic heterocycles. The van der Waals surface area contributed by atoms with E-state index in [9.17, 15) is 0 Å². The first kappa shape index (κ1) is 14.2. The summed E-state index contributed by atoms with van der Waals surface area (Å²) >= 11 is 1.72. The van der Waals surface area contributed by atoms with Gasteiger partial charge in [-0.05, 0) is 35.6 Å². The normalized spacial score (nSPS) is 11.5. The van der Waals surface area contributed by atoms with Gasteiger partial charge in [-0.15, -0.1) is 11.3 Å². The highest BCUT2D eigenvalue weighted by Crippen LogP contribution is 2.31. The van der Waals surface area contributed by atoms with Gasteiger partial charge in [-0.2, -0.15) is 0 Å². The monoisotopic (exact) mass is 322 g/mol. The summed E-state index contributed by atoms with van der Waals surface area (Å²) in [5.74, 6) is 1.51. The topological polar surface area (TPSA) is 67.6 Å². The molecule has 4 aromatic rings. The fraction of sp³-hybridized carbons (Fsp3) is 0.222. The van der Waals surface area contributed by atoms with Gasteiger partial charge in [0.05, 0.1) is 5.52 Å². The molecule has 5 heteroatoms. The first-order chi connectivity index (χ1) is 11.3. The number of rotatable bonds is 4. The lowest BCUT2D eigenvalue weighted by molar-refractivity contribution is 0.765. The summed E-state index contributed by atoms with van der Waals surface area (Å²) in [6.45, 7) is 2.18. The fourth-order valence-corrected chi connectivity index (χ4v) is 3.60. The first-order valence-electron chi connectivity index (χ1n) is 7.88. The fourth-order valence-electron chi connectivity index (χ4n) is 2.87. The summed E-state index contributed by atoms with van der Waals surface area (Å²) in [5.41, 5.74) is 10.00. The summed E-state index contributed by atoms with van der Waals surface area (Å²) in [4.78, 5) is 13.9. The van der Waals surface area contributed by atoms with Crippen molar-refractivity contribution in [3.63, 3.8) is 0 Å². The minimum atomic E-state index is 0.520. The molecule has 1 aromatic carbocycles. The van der Waals surface area contributed by atoms with E-state index in [1.165, 1.54) is 10.4 Å². The van der Waals surface area contributed by atoms with Crippen molar-refractivity contribution < 1.29 is 0 Å². The van der Waals surface area contributed by atoms with Gasteiger partial charge in [0, 0.05) is 16.7 Å². The lowest BCUT2D eigenvalue weighted by Crippen LogP contribution is -1.93. The van der Waals surface area contributed by atoms with Crippen LogP contribution in [0.1, 0.15) is 25.6 Å². The Balaban J connectivity index is 1.89. The Hall–Kier alpha value is -2.40. The van der Waals surface area contributed by atoms with Crippen LogP contribution in [0.25, 0.3) is 32.4 Å². The van der Waals surface area contributed by atoms with E-state index in [0.29, 0.717) is 5.82 Å². The van der Waals surface area contributed by atoms with E-state index in [-0.39, 0.29) is 0 Å². The zero-order valence-electron chi connectivity index (χ0n) is 13.0. The van der Waals surface area contributed by atoms with Crippen molar-refractivity contribution in [2.45, 2.75) is 26.2 Å². The highest BCUT2D eigenvalue weighted by atomic mass is 32.1. The van der Waals surface area contributed by atoms with Crippen molar-refractivity contribution in [1.29, 1.82) is 0 Å². The van der Waals surface area contributed by atoms with E-state index < -0.39 is 0 Å². The Kier molecular flexibility index (Phi) is 3.50. The van der Waals surface area contributed by atoms with E-state index in [1.54, 1.807) is 11.3 Å². The predicted octanol–water partition coefficient (Wildman–Crippen LogP) is 4.76. The third-order valence-corrected chi connectivity index (χ3v) is 4.99. The molecular weight excluding hydrogens is 304 g/mol. The quantitative estimate of drug-likeness (QED) is 0.569. The number of thiophene rings is 1. The maximum Gasteiger partial charge on any atom is 0.150 e. The van der Waals surface area contributed by atoms with Crippen LogP contribution in [0, 0.1) is 0 Å². The lowest BCUT2D eigenvalue weighted by atomic mass is 10.1. The van der Waals surface area contributed by atoms with E-state index >= 15 is 0 Å². The Morgan fingerprint density at radius 1 is 1.22 bits per heavy atom. The number of nitrogens with zero attached hydrogens (tertiary/aromatic N) is 2. The maximum atomic E-state index is 6.15. The van der Waals surface area contributed by atoms with E-state index in [4.69, 9.17) is 10.7 Å². The van der Waals surface area contributed by atoms with Gasteiger partial charge in [-0.3, -0.25) is 0 Å². The Bertz CT molecular complexity index is 970. The summed E-state index contributed by atoms with van der Waals surface area (Å²) < 4.78 is 0. The van der Waals surface area contributed by atoms with Gasteiger partial charge in [-0.1, -0.05) is 25.5 Å². The number of benzene rings is 1. The molecule has 3 heterocycles. The van der Waals surface area contributed by atoms with Crippen molar-refractivity contribution >= 4 is 39.1 Å². The molecule has 0 saturated carbocycles. The molecule has 0 radical (unpaired) electrons. The molecule has 0 spiro atoms. The van der Waals surface area contributed by atoms with Gasteiger partial charge in [0.1, 0.15) is 22.7 Å². The molecule has 0 bridgehead atoms. The largest absolute Gasteiger partial charge is 0.382 e. The van der Waals surface area contributed by atoms with Crippen molar-refractivity contribution in [2.75, 3.05) is 5.73 Å². The number of aryl methyl sites for hydroxylation is 1. The summed E-state index contributed by atoms with van der Waals surface area (Å²) in [6.07, 6.45) is 3.21. The molecule has 0 aliphatic carbocycles. The molecule has 0 saturated heterocycles. The number of hydrogen-bond donors (Lipinski definition) is 2. The van der Waals surface area contributed by atoms with Crippen LogP contribution < -0.4 is 5.73 Å². The molecule has 4 rings (SSSR count). The minimum Gasteiger partial charge on any atom is -0.382 e. The van der Waals surface area contributed by atoms with Crippen LogP contribution in [0.15, 0.2) is 35.7 Å². The maximum absolute atomic E-state index is 6.15. The zero-order valence-corrected chi connectivity index (χ0v) is 13.8. The number of anilines is 1. The third kappa shape index (κ3) is 2.47. The van der Waals surface area contributed by atoms with E-state index in [1.807, 2.05) is 0 Å². The van der Waals surface area contributed by atoms with Gasteiger partial charge >= 0.3 is 0 Å². The number of nitrogen functional groups attached to an aromatic ring is 1. The average molecular weight is 322 g/mol. The van der Waals surface area contributed by atoms with Gasteiger partial charge < -0.3 is 10.7 Å². The number of H-pyrrole nitrogens is 1. The van der Waals surface area contributed by atoms with Gasteiger partial charge in [0.25, 0.3) is 0 Å². The number of unbranched alkanes of at least 4 members (excludes halogenated alkanes) is 1. The average Bonchev–Trinajstić information content (AvgIpc) is 3.22. The van der Waals surface area contributed by atoms with Crippen LogP contribution in [0.3, 0.4) is 0 Å². The number of hydrogen-bond acceptors (Lipinski definition) is 4. The lowest BCUT2D eigenvalue weighted by Gasteiger charge is -2.04. The number of imidazole rings is 1. The third-order valence-electron chi connectivity index (χ3n) is 4.08. The van der Waals surface area contributed by atoms with Gasteiger partial charge in [0.15, 0.2) is 0 Å². The molecule has 3 N–H and O–H groups in total. The Morgan fingerprint density at radius 2 is 2.13 bits per heavy atom. The number of fused-ring (bicyclic) bond motifs is 3. The van der Waals surface area contributed by atoms with Crippen LogP contribution in [-0.4, -0.2) is 15.0 Å². The molecule has 0 atom stereocenters. The smallest absolute Gasteiger partial charge is 0.150 e. The molecule has 116 valence electrons. The van der Waals surface area contributed by atoms with Crippen LogP contribution in [0.2, 0.25) is 0 Å². The van der Waals surface area contributed by atoms with Crippen LogP contribution in [0.5, 0.6) is 0 Å². The number of nitrogens with two attached hydrogens (primary N) is 1. The van der Waals surface area contributed by atoms with Crippen molar-refractivity contribution in [3.8, 4) is 10.4 Å². The molecule has 23 heavy (non-hydrogen) atoms. The highest BCUT2D eigenvalue weighted by molar-refractivity contribution is 7.13. The molecule has 0 unspecified atom stereocenters. The van der Waals surface area contributed by atoms with Crippen molar-refractivity contribution in [2.24, 2.45) is 0 Å². The first-order valence-corrected chi connectivity index (χ1v) is 8.76. The molecule has 0 amide bonds. The summed E-state index contributed by atoms with van der Waals surface area (Å²) in [6, 6.07) is 10.5. The molecule has 0 aliphatic rings. The summed E-state index contributed by atoms with van der Waals surface area (Å²) in [5, 5.41) is 3.13. The second-order valence-electron chi connectivity index (χ2n) is 5.72. The van der Waals surface area contributed by atoms with Crippen LogP contribution >= 0.6 is 11.3 Å². The highest BCUT2D eigenvalue weighted by Gasteiger charge is 2.12. The second kappa shape index (κ2) is 5.66. The van der Waals surface area contributed by atoms with Crippen molar-refractivity contribution in [3.05, 3.63) is 41.5 Å². The van der Waals surface area contributed by atoms with Gasteiger partial charge in [0.2, 0.25) is 0 Å². The summed E-state index contributed by atoms with van der Waals surface area (Å²) in [7, 11) is 0. The Labute approximate surface area is 138 Å². The number of nitrogens with one attached hydrogen (secondary N) is 1. The molecular formula is C18H18N4S. The van der Waals surface area contributed by atoms with Crippen LogP contribution in [0.4, 0.5) is 5.82 Å². The molecule has 4 nitrogen and oxygen atoms in total. The predicted molar refractivity (Wildman–Crippen MR) is 97.7 cm³/mol. The van der Waals surface area contributed by atoms with E-state index in [2.05, 4.69) is 52.6 Å². The van der Waals surface area contributed by atoms with Gasteiger partial charge in [-0.25, -0.2) is 9.97 Å². The number of aromatic amines is 1. The minimum absolute atomic E-state index is 0.520.